The van der Waals surface area contributed by atoms with Crippen LogP contribution in [0.3, 0.4) is 0 Å². The zero-order valence-electron chi connectivity index (χ0n) is 11.4. The van der Waals surface area contributed by atoms with Crippen LogP contribution in [0.4, 0.5) is 11.6 Å². The van der Waals surface area contributed by atoms with Crippen LogP contribution in [0.15, 0.2) is 18.6 Å². The SMILES string of the molecule is CCNc1cn2ccnc2c(NCCNS(C)(=O)=O)n1. The van der Waals surface area contributed by atoms with Gasteiger partial charge in [0.05, 0.1) is 12.5 Å². The Balaban J connectivity index is 2.09. The van der Waals surface area contributed by atoms with E-state index in [4.69, 9.17) is 0 Å². The highest BCUT2D eigenvalue weighted by molar-refractivity contribution is 7.88. The predicted molar refractivity (Wildman–Crippen MR) is 78.5 cm³/mol. The van der Waals surface area contributed by atoms with Gasteiger partial charge in [-0.15, -0.1) is 0 Å². The van der Waals surface area contributed by atoms with E-state index < -0.39 is 10.0 Å². The number of hydrogen-bond donors (Lipinski definition) is 3. The lowest BCUT2D eigenvalue weighted by molar-refractivity contribution is 0.589. The molecule has 0 atom stereocenters. The molecule has 0 aliphatic carbocycles. The number of nitrogens with zero attached hydrogens (tertiary/aromatic N) is 3. The van der Waals surface area contributed by atoms with Gasteiger partial charge in [-0.3, -0.25) is 0 Å². The Kier molecular flexibility index (Phi) is 4.40. The van der Waals surface area contributed by atoms with Crippen LogP contribution in [-0.2, 0) is 10.0 Å². The summed E-state index contributed by atoms with van der Waals surface area (Å²) in [6.07, 6.45) is 6.50. The van der Waals surface area contributed by atoms with Gasteiger partial charge in [0.15, 0.2) is 11.5 Å². The first-order valence-corrected chi connectivity index (χ1v) is 8.15. The van der Waals surface area contributed by atoms with Crippen LogP contribution >= 0.6 is 0 Å². The van der Waals surface area contributed by atoms with Crippen molar-refractivity contribution in [2.45, 2.75) is 6.92 Å². The fourth-order valence-electron chi connectivity index (χ4n) is 1.73. The molecule has 2 aromatic heterocycles. The molecule has 0 spiro atoms. The number of aromatic nitrogens is 3. The van der Waals surface area contributed by atoms with Crippen molar-refractivity contribution in [2.24, 2.45) is 0 Å². The summed E-state index contributed by atoms with van der Waals surface area (Å²) in [5.74, 6) is 1.35. The number of anilines is 2. The van der Waals surface area contributed by atoms with Crippen LogP contribution in [0.1, 0.15) is 6.92 Å². The first-order valence-electron chi connectivity index (χ1n) is 6.25. The summed E-state index contributed by atoms with van der Waals surface area (Å²) in [6.45, 7) is 3.47. The van der Waals surface area contributed by atoms with E-state index in [9.17, 15) is 8.42 Å². The molecule has 0 saturated heterocycles. The highest BCUT2D eigenvalue weighted by Crippen LogP contribution is 2.15. The molecule has 2 aromatic rings. The quantitative estimate of drug-likeness (QED) is 0.628. The molecule has 0 unspecified atom stereocenters. The fraction of sp³-hybridized carbons (Fsp3) is 0.455. The number of imidazole rings is 1. The van der Waals surface area contributed by atoms with E-state index in [0.29, 0.717) is 24.6 Å². The minimum Gasteiger partial charge on any atom is -0.369 e. The van der Waals surface area contributed by atoms with Crippen LogP contribution in [0.2, 0.25) is 0 Å². The lowest BCUT2D eigenvalue weighted by Crippen LogP contribution is -2.28. The third-order valence-electron chi connectivity index (χ3n) is 2.51. The topological polar surface area (TPSA) is 100 Å². The van der Waals surface area contributed by atoms with Gasteiger partial charge >= 0.3 is 0 Å². The Morgan fingerprint density at radius 3 is 2.80 bits per heavy atom. The van der Waals surface area contributed by atoms with Crippen molar-refractivity contribution < 1.29 is 8.42 Å². The van der Waals surface area contributed by atoms with Crippen molar-refractivity contribution in [2.75, 3.05) is 36.5 Å². The van der Waals surface area contributed by atoms with E-state index >= 15 is 0 Å². The summed E-state index contributed by atoms with van der Waals surface area (Å²) >= 11 is 0. The molecule has 9 heteroatoms. The number of nitrogens with one attached hydrogen (secondary N) is 3. The van der Waals surface area contributed by atoms with Gasteiger partial charge in [-0.2, -0.15) is 0 Å². The molecule has 0 aliphatic rings. The van der Waals surface area contributed by atoms with Gasteiger partial charge in [0.1, 0.15) is 5.82 Å². The van der Waals surface area contributed by atoms with Crippen LogP contribution in [-0.4, -0.2) is 48.7 Å². The summed E-state index contributed by atoms with van der Waals surface area (Å²) in [5.41, 5.74) is 0.700. The van der Waals surface area contributed by atoms with Crippen molar-refractivity contribution in [1.29, 1.82) is 0 Å². The van der Waals surface area contributed by atoms with Crippen LogP contribution < -0.4 is 15.4 Å². The first kappa shape index (κ1) is 14.5. The Bertz CT molecular complexity index is 681. The minimum absolute atomic E-state index is 0.290. The minimum atomic E-state index is -3.17. The van der Waals surface area contributed by atoms with Crippen molar-refractivity contribution in [1.82, 2.24) is 19.1 Å². The Morgan fingerprint density at radius 1 is 1.30 bits per heavy atom. The monoisotopic (exact) mass is 298 g/mol. The fourth-order valence-corrected chi connectivity index (χ4v) is 2.21. The average molecular weight is 298 g/mol. The van der Waals surface area contributed by atoms with Gasteiger partial charge in [-0.05, 0) is 6.92 Å². The number of rotatable bonds is 7. The molecule has 0 aromatic carbocycles. The lowest BCUT2D eigenvalue weighted by Gasteiger charge is -2.10. The molecule has 8 nitrogen and oxygen atoms in total. The molecule has 110 valence electrons. The zero-order chi connectivity index (χ0) is 14.6. The van der Waals surface area contributed by atoms with E-state index in [-0.39, 0.29) is 0 Å². The van der Waals surface area contributed by atoms with E-state index in [1.54, 1.807) is 6.20 Å². The number of sulfonamides is 1. The first-order chi connectivity index (χ1) is 9.49. The van der Waals surface area contributed by atoms with Gasteiger partial charge in [-0.1, -0.05) is 0 Å². The zero-order valence-corrected chi connectivity index (χ0v) is 12.2. The summed E-state index contributed by atoms with van der Waals surface area (Å²) in [5, 5.41) is 6.22. The maximum absolute atomic E-state index is 11.0. The highest BCUT2D eigenvalue weighted by atomic mass is 32.2. The van der Waals surface area contributed by atoms with Crippen LogP contribution in [0.5, 0.6) is 0 Å². The molecule has 0 aliphatic heterocycles. The molecule has 0 bridgehead atoms. The standard InChI is InChI=1S/C11H18N6O2S/c1-3-12-9-8-17-7-6-14-11(17)10(16-9)13-4-5-15-20(2,18)19/h6-8,12,15H,3-5H2,1-2H3,(H,13,16). The molecule has 2 rings (SSSR count). The summed E-state index contributed by atoms with van der Waals surface area (Å²) in [4.78, 5) is 8.63. The average Bonchev–Trinajstić information content (AvgIpc) is 2.82. The van der Waals surface area contributed by atoms with Crippen LogP contribution in [0, 0.1) is 0 Å². The summed E-state index contributed by atoms with van der Waals surface area (Å²) < 4.78 is 26.2. The second kappa shape index (κ2) is 6.06. The smallest absolute Gasteiger partial charge is 0.208 e. The maximum Gasteiger partial charge on any atom is 0.208 e. The second-order valence-corrected chi connectivity index (χ2v) is 6.09. The Labute approximate surface area is 117 Å². The van der Waals surface area contributed by atoms with Gasteiger partial charge in [-0.25, -0.2) is 23.1 Å². The van der Waals surface area contributed by atoms with E-state index in [1.165, 1.54) is 0 Å². The predicted octanol–water partition coefficient (Wildman–Crippen LogP) is 0.122. The van der Waals surface area contributed by atoms with Gasteiger partial charge in [0.25, 0.3) is 0 Å². The molecular formula is C11H18N6O2S. The van der Waals surface area contributed by atoms with Gasteiger partial charge in [0.2, 0.25) is 10.0 Å². The third-order valence-corrected chi connectivity index (χ3v) is 3.24. The Morgan fingerprint density at radius 2 is 2.10 bits per heavy atom. The molecule has 20 heavy (non-hydrogen) atoms. The van der Waals surface area contributed by atoms with Gasteiger partial charge in [0, 0.05) is 32.0 Å². The van der Waals surface area contributed by atoms with Crippen molar-refractivity contribution in [3.63, 3.8) is 0 Å². The molecule has 3 N–H and O–H groups in total. The molecular weight excluding hydrogens is 280 g/mol. The largest absolute Gasteiger partial charge is 0.369 e. The van der Waals surface area contributed by atoms with E-state index in [0.717, 1.165) is 18.6 Å². The number of hydrogen-bond acceptors (Lipinski definition) is 6. The molecule has 0 amide bonds. The molecule has 2 heterocycles. The van der Waals surface area contributed by atoms with E-state index in [2.05, 4.69) is 25.3 Å². The molecule has 0 radical (unpaired) electrons. The summed E-state index contributed by atoms with van der Waals surface area (Å²) in [6, 6.07) is 0. The molecule has 0 fully saturated rings. The van der Waals surface area contributed by atoms with Crippen molar-refractivity contribution in [3.8, 4) is 0 Å². The molecule has 0 saturated carbocycles. The third kappa shape index (κ3) is 3.81. The second-order valence-electron chi connectivity index (χ2n) is 4.26. The Hall–Kier alpha value is -1.87. The van der Waals surface area contributed by atoms with Crippen LogP contribution in [0.25, 0.3) is 5.65 Å². The van der Waals surface area contributed by atoms with E-state index in [1.807, 2.05) is 23.7 Å². The lowest BCUT2D eigenvalue weighted by atomic mass is 10.5. The number of fused-ring (bicyclic) bond motifs is 1. The van der Waals surface area contributed by atoms with Crippen molar-refractivity contribution in [3.05, 3.63) is 18.6 Å². The summed E-state index contributed by atoms with van der Waals surface area (Å²) in [7, 11) is -3.17. The van der Waals surface area contributed by atoms with Gasteiger partial charge < -0.3 is 15.0 Å². The van der Waals surface area contributed by atoms with Crippen molar-refractivity contribution >= 4 is 27.3 Å². The normalized spacial score (nSPS) is 11.7. The maximum atomic E-state index is 11.0. The highest BCUT2D eigenvalue weighted by Gasteiger charge is 2.07.